The Morgan fingerprint density at radius 3 is 2.59 bits per heavy atom. The van der Waals surface area contributed by atoms with Gasteiger partial charge in [0.25, 0.3) is 0 Å². The number of piperazine rings is 1. The van der Waals surface area contributed by atoms with Crippen molar-refractivity contribution >= 4 is 58.4 Å². The molecule has 37 heavy (non-hydrogen) atoms. The van der Waals surface area contributed by atoms with Gasteiger partial charge in [-0.05, 0) is 37.6 Å². The summed E-state index contributed by atoms with van der Waals surface area (Å²) in [7, 11) is 0. The van der Waals surface area contributed by atoms with Crippen LogP contribution < -0.4 is 15.5 Å². The zero-order valence-electron chi connectivity index (χ0n) is 20.5. The summed E-state index contributed by atoms with van der Waals surface area (Å²) in [6.07, 6.45) is 0. The maximum Gasteiger partial charge on any atom is 0.322 e. The molecule has 194 valence electrons. The van der Waals surface area contributed by atoms with Crippen molar-refractivity contribution in [1.82, 2.24) is 20.2 Å². The molecule has 2 unspecified atom stereocenters. The van der Waals surface area contributed by atoms with Gasteiger partial charge in [0.05, 0.1) is 11.8 Å². The summed E-state index contributed by atoms with van der Waals surface area (Å²) in [5.41, 5.74) is 1.69. The number of amides is 3. The first-order valence-corrected chi connectivity index (χ1v) is 13.6. The van der Waals surface area contributed by atoms with Gasteiger partial charge in [-0.15, -0.1) is 0 Å². The summed E-state index contributed by atoms with van der Waals surface area (Å²) in [4.78, 5) is 38.1. The van der Waals surface area contributed by atoms with Crippen LogP contribution in [0.1, 0.15) is 25.5 Å². The van der Waals surface area contributed by atoms with Crippen LogP contribution in [0.15, 0.2) is 65.8 Å². The molecule has 0 saturated carbocycles. The molecule has 0 aliphatic carbocycles. The Bertz CT molecular complexity index is 1250. The predicted molar refractivity (Wildman–Crippen MR) is 150 cm³/mol. The van der Waals surface area contributed by atoms with Crippen molar-refractivity contribution in [3.63, 3.8) is 0 Å². The number of benzene rings is 2. The maximum absolute atomic E-state index is 12.8. The van der Waals surface area contributed by atoms with Gasteiger partial charge < -0.3 is 20.4 Å². The van der Waals surface area contributed by atoms with Crippen LogP contribution in [0, 0.1) is 0 Å². The van der Waals surface area contributed by atoms with E-state index in [1.54, 1.807) is 35.2 Å². The third kappa shape index (κ3) is 7.50. The van der Waals surface area contributed by atoms with Gasteiger partial charge in [-0.3, -0.25) is 4.79 Å². The van der Waals surface area contributed by atoms with Crippen LogP contribution in [0.2, 0.25) is 10.2 Å². The number of nitrogens with zero attached hydrogens (tertiary/aromatic N) is 4. The molecular formula is C26H28Cl2N6O2S. The molecular weight excluding hydrogens is 531 g/mol. The summed E-state index contributed by atoms with van der Waals surface area (Å²) in [6, 6.07) is 18.2. The number of thioether (sulfide) groups is 1. The van der Waals surface area contributed by atoms with E-state index in [1.807, 2.05) is 44.2 Å². The minimum absolute atomic E-state index is 0.0666. The first-order valence-electron chi connectivity index (χ1n) is 11.9. The van der Waals surface area contributed by atoms with Crippen molar-refractivity contribution in [1.29, 1.82) is 0 Å². The third-order valence-corrected chi connectivity index (χ3v) is 7.23. The first kappa shape index (κ1) is 27.0. The van der Waals surface area contributed by atoms with Crippen molar-refractivity contribution in [2.45, 2.75) is 31.1 Å². The van der Waals surface area contributed by atoms with E-state index in [2.05, 4.69) is 25.5 Å². The number of carbonyl (C=O) groups is 2. The fraction of sp³-hybridized carbons (Fsp3) is 0.308. The standard InChI is InChI=1S/C26H28Cl2N6O2S/c1-17-15-33(11-12-34(17)26(36)30-21-10-6-9-20(27)13-21)23-14-22(28)31-25(32-23)37-16-24(35)29-18(2)19-7-4-3-5-8-19/h3-10,13-14,17-18H,11-12,15-16H2,1-2H3,(H,29,35)(H,30,36). The van der Waals surface area contributed by atoms with E-state index >= 15 is 0 Å². The van der Waals surface area contributed by atoms with Crippen molar-refractivity contribution in [3.8, 4) is 0 Å². The number of rotatable bonds is 7. The maximum atomic E-state index is 12.8. The number of aromatic nitrogens is 2. The van der Waals surface area contributed by atoms with E-state index < -0.39 is 0 Å². The summed E-state index contributed by atoms with van der Waals surface area (Å²) in [5.74, 6) is 0.729. The molecule has 1 saturated heterocycles. The van der Waals surface area contributed by atoms with Crippen LogP contribution in [-0.4, -0.2) is 58.2 Å². The molecule has 1 fully saturated rings. The van der Waals surface area contributed by atoms with Gasteiger partial charge in [-0.1, -0.05) is 71.4 Å². The third-order valence-electron chi connectivity index (χ3n) is 5.96. The van der Waals surface area contributed by atoms with Crippen LogP contribution in [-0.2, 0) is 4.79 Å². The van der Waals surface area contributed by atoms with Crippen molar-refractivity contribution in [2.24, 2.45) is 0 Å². The fourth-order valence-corrected chi connectivity index (χ4v) is 5.16. The molecule has 2 aromatic carbocycles. The lowest BCUT2D eigenvalue weighted by Crippen LogP contribution is -2.55. The van der Waals surface area contributed by atoms with E-state index in [4.69, 9.17) is 23.2 Å². The topological polar surface area (TPSA) is 90.5 Å². The van der Waals surface area contributed by atoms with Gasteiger partial charge in [-0.25, -0.2) is 14.8 Å². The van der Waals surface area contributed by atoms with E-state index in [1.165, 1.54) is 11.8 Å². The van der Waals surface area contributed by atoms with E-state index in [9.17, 15) is 9.59 Å². The lowest BCUT2D eigenvalue weighted by Gasteiger charge is -2.40. The fourth-order valence-electron chi connectivity index (χ4n) is 4.08. The molecule has 4 rings (SSSR count). The normalized spacial score (nSPS) is 16.3. The highest BCUT2D eigenvalue weighted by Crippen LogP contribution is 2.25. The predicted octanol–water partition coefficient (Wildman–Crippen LogP) is 5.50. The largest absolute Gasteiger partial charge is 0.353 e. The van der Waals surface area contributed by atoms with Gasteiger partial charge in [0.1, 0.15) is 11.0 Å². The molecule has 0 bridgehead atoms. The van der Waals surface area contributed by atoms with Gasteiger partial charge in [-0.2, -0.15) is 0 Å². The van der Waals surface area contributed by atoms with Crippen LogP contribution >= 0.6 is 35.0 Å². The number of anilines is 2. The van der Waals surface area contributed by atoms with Crippen molar-refractivity contribution in [2.75, 3.05) is 35.6 Å². The van der Waals surface area contributed by atoms with Crippen molar-refractivity contribution < 1.29 is 9.59 Å². The Balaban J connectivity index is 1.33. The number of carbonyl (C=O) groups excluding carboxylic acids is 2. The molecule has 1 aliphatic rings. The molecule has 0 spiro atoms. The zero-order valence-corrected chi connectivity index (χ0v) is 22.9. The second-order valence-corrected chi connectivity index (χ2v) is 10.5. The smallest absolute Gasteiger partial charge is 0.322 e. The molecule has 3 amide bonds. The highest BCUT2D eigenvalue weighted by molar-refractivity contribution is 7.99. The first-order chi connectivity index (χ1) is 17.8. The number of halogens is 2. The highest BCUT2D eigenvalue weighted by Gasteiger charge is 2.28. The Morgan fingerprint density at radius 1 is 1.08 bits per heavy atom. The van der Waals surface area contributed by atoms with Crippen molar-refractivity contribution in [3.05, 3.63) is 76.4 Å². The minimum Gasteiger partial charge on any atom is -0.353 e. The summed E-state index contributed by atoms with van der Waals surface area (Å²) in [5, 5.41) is 7.19. The lowest BCUT2D eigenvalue weighted by atomic mass is 10.1. The number of nitrogens with one attached hydrogen (secondary N) is 2. The van der Waals surface area contributed by atoms with Gasteiger partial charge in [0.15, 0.2) is 5.16 Å². The molecule has 2 atom stereocenters. The molecule has 11 heteroatoms. The lowest BCUT2D eigenvalue weighted by molar-refractivity contribution is -0.119. The Labute approximate surface area is 230 Å². The summed E-state index contributed by atoms with van der Waals surface area (Å²) >= 11 is 13.6. The van der Waals surface area contributed by atoms with Crippen LogP contribution in [0.4, 0.5) is 16.3 Å². The minimum atomic E-state index is -0.179. The van der Waals surface area contributed by atoms with Gasteiger partial charge >= 0.3 is 6.03 Å². The molecule has 2 heterocycles. The quantitative estimate of drug-likeness (QED) is 0.226. The number of hydrogen-bond acceptors (Lipinski definition) is 6. The van der Waals surface area contributed by atoms with Crippen LogP contribution in [0.25, 0.3) is 0 Å². The van der Waals surface area contributed by atoms with E-state index in [-0.39, 0.29) is 29.8 Å². The van der Waals surface area contributed by atoms with Crippen LogP contribution in [0.3, 0.4) is 0 Å². The average molecular weight is 560 g/mol. The SMILES string of the molecule is CC(NC(=O)CSc1nc(Cl)cc(N2CCN(C(=O)Nc3cccc(Cl)c3)C(C)C2)n1)c1ccccc1. The average Bonchev–Trinajstić information content (AvgIpc) is 2.87. The molecule has 1 aromatic heterocycles. The number of urea groups is 1. The van der Waals surface area contributed by atoms with Gasteiger partial charge in [0, 0.05) is 42.5 Å². The molecule has 1 aliphatic heterocycles. The summed E-state index contributed by atoms with van der Waals surface area (Å²) in [6.45, 7) is 5.61. The Hall–Kier alpha value is -3.01. The monoisotopic (exact) mass is 558 g/mol. The molecule has 2 N–H and O–H groups in total. The van der Waals surface area contributed by atoms with Crippen LogP contribution in [0.5, 0.6) is 0 Å². The summed E-state index contributed by atoms with van der Waals surface area (Å²) < 4.78 is 0. The molecule has 0 radical (unpaired) electrons. The van der Waals surface area contributed by atoms with E-state index in [0.29, 0.717) is 46.5 Å². The molecule has 8 nitrogen and oxygen atoms in total. The second kappa shape index (κ2) is 12.5. The number of hydrogen-bond donors (Lipinski definition) is 2. The Morgan fingerprint density at radius 2 is 1.86 bits per heavy atom. The van der Waals surface area contributed by atoms with Gasteiger partial charge in [0.2, 0.25) is 5.91 Å². The molecule has 3 aromatic rings. The zero-order chi connectivity index (χ0) is 26.4. The Kier molecular flexibility index (Phi) is 9.13. The highest BCUT2D eigenvalue weighted by atomic mass is 35.5. The van der Waals surface area contributed by atoms with E-state index in [0.717, 1.165) is 5.56 Å². The second-order valence-electron chi connectivity index (χ2n) is 8.75.